The van der Waals surface area contributed by atoms with E-state index < -0.39 is 63.5 Å². The Labute approximate surface area is 328 Å². The molecular formula is C45H44O12. The van der Waals surface area contributed by atoms with Crippen molar-refractivity contribution in [3.05, 3.63) is 123 Å². The van der Waals surface area contributed by atoms with Gasteiger partial charge in [0.05, 0.1) is 11.1 Å². The summed E-state index contributed by atoms with van der Waals surface area (Å²) in [4.78, 5) is 30.0. The van der Waals surface area contributed by atoms with Crippen LogP contribution in [0.3, 0.4) is 0 Å². The first-order valence-corrected chi connectivity index (χ1v) is 18.5. The molecule has 2 heterocycles. The Hall–Kier alpha value is -6.40. The second-order valence-corrected chi connectivity index (χ2v) is 15.6. The van der Waals surface area contributed by atoms with E-state index in [1.54, 1.807) is 39.0 Å². The zero-order chi connectivity index (χ0) is 41.3. The minimum Gasteiger partial charge on any atom is -0.508 e. The van der Waals surface area contributed by atoms with Crippen LogP contribution in [-0.4, -0.2) is 58.0 Å². The first kappa shape index (κ1) is 38.9. The Morgan fingerprint density at radius 3 is 2.16 bits per heavy atom. The van der Waals surface area contributed by atoms with Crippen LogP contribution >= 0.6 is 0 Å². The lowest BCUT2D eigenvalue weighted by molar-refractivity contribution is -0.221. The molecule has 0 radical (unpaired) electrons. The average molecular weight is 777 g/mol. The first-order valence-electron chi connectivity index (χ1n) is 18.5. The third-order valence-electron chi connectivity index (χ3n) is 11.2. The van der Waals surface area contributed by atoms with Crippen LogP contribution < -0.4 is 9.47 Å². The van der Waals surface area contributed by atoms with E-state index in [2.05, 4.69) is 0 Å². The summed E-state index contributed by atoms with van der Waals surface area (Å²) in [5.74, 6) is -10.6. The van der Waals surface area contributed by atoms with E-state index in [1.165, 1.54) is 42.5 Å². The predicted molar refractivity (Wildman–Crippen MR) is 208 cm³/mol. The summed E-state index contributed by atoms with van der Waals surface area (Å²) < 4.78 is 12.4. The molecule has 1 aliphatic carbocycles. The van der Waals surface area contributed by atoms with Crippen LogP contribution in [0.2, 0.25) is 0 Å². The number of benzene rings is 4. The highest BCUT2D eigenvalue weighted by molar-refractivity contribution is 6.10. The summed E-state index contributed by atoms with van der Waals surface area (Å²) in [7, 11) is 0. The number of phenolic OH excluding ortho intramolecular Hbond substituents is 7. The minimum absolute atomic E-state index is 0.0320. The standard InChI is InChI=1S/C45H44O12/c1-21(2)6-9-27-32(48)13-11-28(40(27)51)41(52)37-29(26-10-7-24(46)18-33(26)49)16-23(5)17-30(37)38-34(50)20-36-39(42(38)53)43(54)44(15-14-22(3)4)45(55,57-36)31-12-8-25(47)19-35(31)56-44/h6-8,10-14,17-20,29-30,37,46-51,53,55H,9,15-16H2,1-5H3. The van der Waals surface area contributed by atoms with Gasteiger partial charge in [-0.2, -0.15) is 0 Å². The van der Waals surface area contributed by atoms with Gasteiger partial charge < -0.3 is 50.3 Å². The molecule has 8 N–H and O–H groups in total. The smallest absolute Gasteiger partial charge is 0.286 e. The van der Waals surface area contributed by atoms with Gasteiger partial charge in [-0.1, -0.05) is 41.0 Å². The number of ketones is 2. The van der Waals surface area contributed by atoms with Gasteiger partial charge in [0, 0.05) is 53.5 Å². The summed E-state index contributed by atoms with van der Waals surface area (Å²) in [5.41, 5.74) is -0.284. The lowest BCUT2D eigenvalue weighted by atomic mass is 9.64. The normalized spacial score (nSPS) is 23.2. The van der Waals surface area contributed by atoms with Crippen LogP contribution in [0.5, 0.6) is 51.7 Å². The van der Waals surface area contributed by atoms with E-state index in [0.717, 1.165) is 23.3 Å². The number of Topliss-reactive ketones (excluding diaryl/α,β-unsaturated/α-hetero) is 2. The topological polar surface area (TPSA) is 214 Å². The maximum absolute atomic E-state index is 15.0. The maximum Gasteiger partial charge on any atom is 0.286 e. The van der Waals surface area contributed by atoms with Crippen molar-refractivity contribution in [2.45, 2.75) is 77.1 Å². The molecule has 3 aliphatic rings. The van der Waals surface area contributed by atoms with E-state index in [9.17, 15) is 45.6 Å². The molecule has 57 heavy (non-hydrogen) atoms. The molecule has 4 aromatic rings. The lowest BCUT2D eigenvalue weighted by Crippen LogP contribution is -2.62. The number of ether oxygens (including phenoxy) is 2. The van der Waals surface area contributed by atoms with E-state index in [0.29, 0.717) is 5.57 Å². The Morgan fingerprint density at radius 1 is 0.789 bits per heavy atom. The highest BCUT2D eigenvalue weighted by atomic mass is 16.7. The quantitative estimate of drug-likeness (QED) is 0.0637. The van der Waals surface area contributed by atoms with Crippen molar-refractivity contribution in [3.63, 3.8) is 0 Å². The van der Waals surface area contributed by atoms with E-state index in [1.807, 2.05) is 13.8 Å². The molecule has 4 aromatic carbocycles. The van der Waals surface area contributed by atoms with Gasteiger partial charge in [0.25, 0.3) is 5.79 Å². The summed E-state index contributed by atoms with van der Waals surface area (Å²) in [6.07, 6.45) is 5.18. The van der Waals surface area contributed by atoms with Crippen molar-refractivity contribution in [3.8, 4) is 51.7 Å². The van der Waals surface area contributed by atoms with Crippen molar-refractivity contribution in [2.24, 2.45) is 5.92 Å². The third-order valence-corrected chi connectivity index (χ3v) is 11.2. The van der Waals surface area contributed by atoms with E-state index >= 15 is 4.79 Å². The van der Waals surface area contributed by atoms with Crippen molar-refractivity contribution < 1.29 is 59.9 Å². The van der Waals surface area contributed by atoms with E-state index in [-0.39, 0.29) is 81.6 Å². The zero-order valence-corrected chi connectivity index (χ0v) is 32.0. The largest absolute Gasteiger partial charge is 0.508 e. The molecule has 7 rings (SSSR count). The fraction of sp³-hybridized carbons (Fsp3) is 0.289. The Bertz CT molecular complexity index is 2450. The fourth-order valence-electron chi connectivity index (χ4n) is 8.42. The molecule has 0 saturated heterocycles. The van der Waals surface area contributed by atoms with Crippen molar-refractivity contribution >= 4 is 11.6 Å². The van der Waals surface area contributed by atoms with Crippen LogP contribution in [0.25, 0.3) is 0 Å². The number of carbonyl (C=O) groups is 2. The van der Waals surface area contributed by atoms with Crippen LogP contribution in [0.15, 0.2) is 89.5 Å². The average Bonchev–Trinajstić information content (AvgIpc) is 3.37. The number of hydrogen-bond donors (Lipinski definition) is 8. The summed E-state index contributed by atoms with van der Waals surface area (Å²) in [6, 6.07) is 11.5. The van der Waals surface area contributed by atoms with Gasteiger partial charge in [-0.15, -0.1) is 0 Å². The molecule has 12 heteroatoms. The molecule has 296 valence electrons. The van der Waals surface area contributed by atoms with Crippen molar-refractivity contribution in [1.29, 1.82) is 0 Å². The van der Waals surface area contributed by atoms with Gasteiger partial charge in [-0.05, 0) is 83.4 Å². The first-order chi connectivity index (χ1) is 26.9. The van der Waals surface area contributed by atoms with Gasteiger partial charge in [0.1, 0.15) is 57.3 Å². The molecule has 0 spiro atoms. The molecule has 0 saturated carbocycles. The number of fused-ring (bicyclic) bond motifs is 4. The molecular weight excluding hydrogens is 732 g/mol. The second-order valence-electron chi connectivity index (χ2n) is 15.6. The molecule has 5 atom stereocenters. The van der Waals surface area contributed by atoms with Gasteiger partial charge in [0.15, 0.2) is 5.78 Å². The molecule has 0 fully saturated rings. The zero-order valence-electron chi connectivity index (χ0n) is 32.0. The summed E-state index contributed by atoms with van der Waals surface area (Å²) >= 11 is 0. The number of phenols is 7. The SMILES string of the molecule is CC(C)=CCc1c(O)ccc(C(=O)C2C(c3c(O)cc4c(c3O)C(=O)C3(CC=C(C)C)Oc5cc(O)ccc5C3(O)O4)C=C(C)CC2c2ccc(O)cc2O)c1O. The Kier molecular flexibility index (Phi) is 9.52. The number of allylic oxidation sites excluding steroid dienone is 5. The van der Waals surface area contributed by atoms with Crippen LogP contribution in [0, 0.1) is 5.92 Å². The fourth-order valence-corrected chi connectivity index (χ4v) is 8.42. The second kappa shape index (κ2) is 14.0. The van der Waals surface area contributed by atoms with Gasteiger partial charge in [-0.3, -0.25) is 9.59 Å². The Balaban J connectivity index is 1.44. The van der Waals surface area contributed by atoms with Gasteiger partial charge >= 0.3 is 0 Å². The van der Waals surface area contributed by atoms with Crippen molar-refractivity contribution in [2.75, 3.05) is 0 Å². The molecule has 0 amide bonds. The molecule has 0 bridgehead atoms. The van der Waals surface area contributed by atoms with Gasteiger partial charge in [0.2, 0.25) is 11.4 Å². The van der Waals surface area contributed by atoms with Crippen molar-refractivity contribution in [1.82, 2.24) is 0 Å². The summed E-state index contributed by atoms with van der Waals surface area (Å²) in [6.45, 7) is 9.03. The van der Waals surface area contributed by atoms with Gasteiger partial charge in [-0.25, -0.2) is 0 Å². The highest BCUT2D eigenvalue weighted by Gasteiger charge is 2.70. The molecule has 5 unspecified atom stereocenters. The number of aromatic hydroxyl groups is 7. The van der Waals surface area contributed by atoms with Crippen LogP contribution in [0.4, 0.5) is 0 Å². The molecule has 2 aliphatic heterocycles. The number of hydrogen-bond acceptors (Lipinski definition) is 12. The monoisotopic (exact) mass is 776 g/mol. The van der Waals surface area contributed by atoms with Crippen LogP contribution in [-0.2, 0) is 12.2 Å². The predicted octanol–water partition coefficient (Wildman–Crippen LogP) is 7.76. The highest BCUT2D eigenvalue weighted by Crippen LogP contribution is 2.60. The number of rotatable bonds is 8. The molecule has 0 aromatic heterocycles. The van der Waals surface area contributed by atoms with Crippen LogP contribution in [0.1, 0.15) is 102 Å². The Morgan fingerprint density at radius 2 is 1.47 bits per heavy atom. The van der Waals surface area contributed by atoms with E-state index in [4.69, 9.17) is 9.47 Å². The third kappa shape index (κ3) is 6.20. The molecule has 12 nitrogen and oxygen atoms in total. The number of aliphatic hydroxyl groups is 1. The summed E-state index contributed by atoms with van der Waals surface area (Å²) in [5, 5.41) is 90.2. The minimum atomic E-state index is -2.46. The number of carbonyl (C=O) groups excluding carboxylic acids is 2. The lowest BCUT2D eigenvalue weighted by Gasteiger charge is -2.43. The maximum atomic E-state index is 15.0.